The highest BCUT2D eigenvalue weighted by Gasteiger charge is 2.09. The van der Waals surface area contributed by atoms with Crippen LogP contribution in [0.2, 0.25) is 0 Å². The van der Waals surface area contributed by atoms with E-state index in [0.29, 0.717) is 5.56 Å². The molecule has 18 heavy (non-hydrogen) atoms. The zero-order valence-corrected chi connectivity index (χ0v) is 10.7. The molecule has 1 aromatic carbocycles. The van der Waals surface area contributed by atoms with Gasteiger partial charge in [0.05, 0.1) is 5.69 Å². The summed E-state index contributed by atoms with van der Waals surface area (Å²) < 4.78 is 1.53. The van der Waals surface area contributed by atoms with Gasteiger partial charge in [-0.25, -0.2) is 0 Å². The first-order valence-corrected chi connectivity index (χ1v) is 5.74. The Bertz CT molecular complexity index is 705. The lowest BCUT2D eigenvalue weighted by Gasteiger charge is -2.11. The molecule has 3 nitrogen and oxygen atoms in total. The number of aromatic nitrogens is 1. The summed E-state index contributed by atoms with van der Waals surface area (Å²) in [6, 6.07) is 9.65. The highest BCUT2D eigenvalue weighted by atomic mass is 16.1. The number of nitrogens with zero attached hydrogens (tertiary/aromatic N) is 2. The third-order valence-corrected chi connectivity index (χ3v) is 3.02. The van der Waals surface area contributed by atoms with Crippen LogP contribution in [0.5, 0.6) is 0 Å². The number of hydrogen-bond donors (Lipinski definition) is 0. The van der Waals surface area contributed by atoms with Gasteiger partial charge in [-0.3, -0.25) is 9.36 Å². The molecule has 0 N–H and O–H groups in total. The van der Waals surface area contributed by atoms with Gasteiger partial charge in [0.25, 0.3) is 5.56 Å². The quantitative estimate of drug-likeness (QED) is 0.766. The molecule has 0 radical (unpaired) electrons. The summed E-state index contributed by atoms with van der Waals surface area (Å²) in [5, 5.41) is 9.02. The van der Waals surface area contributed by atoms with Crippen molar-refractivity contribution >= 4 is 0 Å². The first kappa shape index (κ1) is 12.1. The van der Waals surface area contributed by atoms with Crippen molar-refractivity contribution in [2.24, 2.45) is 0 Å². The fraction of sp³-hybridized carbons (Fsp3) is 0.200. The number of rotatable bonds is 1. The molecular formula is C15H14N2O. The Kier molecular flexibility index (Phi) is 3.03. The first-order chi connectivity index (χ1) is 8.54. The van der Waals surface area contributed by atoms with Crippen LogP contribution in [-0.4, -0.2) is 4.57 Å². The van der Waals surface area contributed by atoms with E-state index in [2.05, 4.69) is 0 Å². The van der Waals surface area contributed by atoms with E-state index in [0.717, 1.165) is 16.8 Å². The largest absolute Gasteiger partial charge is 0.283 e. The van der Waals surface area contributed by atoms with Gasteiger partial charge in [0.1, 0.15) is 11.6 Å². The molecule has 0 aliphatic carbocycles. The summed E-state index contributed by atoms with van der Waals surface area (Å²) in [7, 11) is 0. The fourth-order valence-corrected chi connectivity index (χ4v) is 2.03. The van der Waals surface area contributed by atoms with Crippen molar-refractivity contribution in [3.05, 3.63) is 63.1 Å². The van der Waals surface area contributed by atoms with Crippen molar-refractivity contribution in [3.63, 3.8) is 0 Å². The molecule has 90 valence electrons. The van der Waals surface area contributed by atoms with Crippen LogP contribution in [0.1, 0.15) is 22.3 Å². The SMILES string of the molecule is Cc1ccc(-n2ccc(C)c(C#N)c2=O)c(C)c1. The molecule has 0 bridgehead atoms. The van der Waals surface area contributed by atoms with E-state index in [9.17, 15) is 4.79 Å². The molecule has 0 atom stereocenters. The third-order valence-electron chi connectivity index (χ3n) is 3.02. The van der Waals surface area contributed by atoms with E-state index in [1.54, 1.807) is 19.2 Å². The average molecular weight is 238 g/mol. The molecule has 0 fully saturated rings. The highest BCUT2D eigenvalue weighted by Crippen LogP contribution is 2.14. The van der Waals surface area contributed by atoms with Crippen LogP contribution in [0.3, 0.4) is 0 Å². The molecule has 1 heterocycles. The highest BCUT2D eigenvalue weighted by molar-refractivity contribution is 5.45. The maximum Gasteiger partial charge on any atom is 0.273 e. The maximum atomic E-state index is 12.2. The normalized spacial score (nSPS) is 10.1. The van der Waals surface area contributed by atoms with Gasteiger partial charge in [-0.05, 0) is 44.0 Å². The zero-order valence-electron chi connectivity index (χ0n) is 10.7. The molecule has 0 saturated heterocycles. The van der Waals surface area contributed by atoms with Crippen LogP contribution in [-0.2, 0) is 0 Å². The summed E-state index contributed by atoms with van der Waals surface area (Å²) >= 11 is 0. The lowest BCUT2D eigenvalue weighted by Crippen LogP contribution is -2.22. The number of nitriles is 1. The van der Waals surface area contributed by atoms with Crippen LogP contribution in [0.4, 0.5) is 0 Å². The van der Waals surface area contributed by atoms with Crippen molar-refractivity contribution in [2.45, 2.75) is 20.8 Å². The summed E-state index contributed by atoms with van der Waals surface area (Å²) in [4.78, 5) is 12.2. The second-order valence-corrected chi connectivity index (χ2v) is 4.45. The van der Waals surface area contributed by atoms with Crippen molar-refractivity contribution < 1.29 is 0 Å². The fourth-order valence-electron chi connectivity index (χ4n) is 2.03. The standard InChI is InChI=1S/C15H14N2O/c1-10-4-5-14(12(3)8-10)17-7-6-11(2)13(9-16)15(17)18/h4-8H,1-3H3. The molecule has 0 unspecified atom stereocenters. The van der Waals surface area contributed by atoms with E-state index in [1.165, 1.54) is 4.57 Å². The van der Waals surface area contributed by atoms with E-state index in [1.807, 2.05) is 38.1 Å². The maximum absolute atomic E-state index is 12.2. The van der Waals surface area contributed by atoms with E-state index in [4.69, 9.17) is 5.26 Å². The molecule has 0 spiro atoms. The molecule has 0 aliphatic rings. The lowest BCUT2D eigenvalue weighted by molar-refractivity contribution is 0.960. The topological polar surface area (TPSA) is 45.8 Å². The molecule has 0 aliphatic heterocycles. The van der Waals surface area contributed by atoms with Crippen molar-refractivity contribution in [2.75, 3.05) is 0 Å². The number of aryl methyl sites for hydroxylation is 3. The summed E-state index contributed by atoms with van der Waals surface area (Å²) in [5.74, 6) is 0. The predicted molar refractivity (Wildman–Crippen MR) is 71.0 cm³/mol. The van der Waals surface area contributed by atoms with Gasteiger partial charge in [-0.1, -0.05) is 17.7 Å². The Balaban J connectivity index is 2.74. The smallest absolute Gasteiger partial charge is 0.273 e. The first-order valence-electron chi connectivity index (χ1n) is 5.74. The van der Waals surface area contributed by atoms with Gasteiger partial charge < -0.3 is 0 Å². The Morgan fingerprint density at radius 3 is 2.44 bits per heavy atom. The van der Waals surface area contributed by atoms with Crippen molar-refractivity contribution in [3.8, 4) is 11.8 Å². The van der Waals surface area contributed by atoms with Crippen LogP contribution >= 0.6 is 0 Å². The van der Waals surface area contributed by atoms with Gasteiger partial charge >= 0.3 is 0 Å². The van der Waals surface area contributed by atoms with Crippen molar-refractivity contribution in [1.82, 2.24) is 4.57 Å². The van der Waals surface area contributed by atoms with E-state index in [-0.39, 0.29) is 11.1 Å². The Hall–Kier alpha value is -2.34. The van der Waals surface area contributed by atoms with Crippen LogP contribution in [0.15, 0.2) is 35.3 Å². The van der Waals surface area contributed by atoms with Crippen LogP contribution in [0, 0.1) is 32.1 Å². The van der Waals surface area contributed by atoms with Gasteiger partial charge in [-0.15, -0.1) is 0 Å². The second kappa shape index (κ2) is 4.50. The van der Waals surface area contributed by atoms with Crippen LogP contribution in [0.25, 0.3) is 5.69 Å². The molecule has 1 aromatic heterocycles. The second-order valence-electron chi connectivity index (χ2n) is 4.45. The minimum atomic E-state index is -0.260. The Labute approximate surface area is 106 Å². The molecule has 2 aromatic rings. The number of hydrogen-bond acceptors (Lipinski definition) is 2. The predicted octanol–water partition coefficient (Wildman–Crippen LogP) is 2.63. The van der Waals surface area contributed by atoms with Gasteiger partial charge in [0.2, 0.25) is 0 Å². The lowest BCUT2D eigenvalue weighted by atomic mass is 10.1. The molecule has 0 amide bonds. The molecule has 2 rings (SSSR count). The summed E-state index contributed by atoms with van der Waals surface area (Å²) in [6.07, 6.45) is 1.72. The van der Waals surface area contributed by atoms with Gasteiger partial charge in [-0.2, -0.15) is 5.26 Å². The Morgan fingerprint density at radius 1 is 1.11 bits per heavy atom. The van der Waals surface area contributed by atoms with E-state index < -0.39 is 0 Å². The van der Waals surface area contributed by atoms with E-state index >= 15 is 0 Å². The number of benzene rings is 1. The van der Waals surface area contributed by atoms with Gasteiger partial charge in [0.15, 0.2) is 0 Å². The third kappa shape index (κ3) is 1.93. The average Bonchev–Trinajstić information content (AvgIpc) is 2.31. The monoisotopic (exact) mass is 238 g/mol. The van der Waals surface area contributed by atoms with Crippen LogP contribution < -0.4 is 5.56 Å². The zero-order chi connectivity index (χ0) is 13.3. The molecule has 3 heteroatoms. The summed E-state index contributed by atoms with van der Waals surface area (Å²) in [6.45, 7) is 5.74. The minimum absolute atomic E-state index is 0.206. The minimum Gasteiger partial charge on any atom is -0.283 e. The number of pyridine rings is 1. The Morgan fingerprint density at radius 2 is 1.83 bits per heavy atom. The summed E-state index contributed by atoms with van der Waals surface area (Å²) in [5.41, 5.74) is 3.65. The molecular weight excluding hydrogens is 224 g/mol. The van der Waals surface area contributed by atoms with Gasteiger partial charge in [0, 0.05) is 6.20 Å². The van der Waals surface area contributed by atoms with Crippen molar-refractivity contribution in [1.29, 1.82) is 5.26 Å². The molecule has 0 saturated carbocycles.